The van der Waals surface area contributed by atoms with Crippen molar-refractivity contribution in [3.05, 3.63) is 12.1 Å². The van der Waals surface area contributed by atoms with Gasteiger partial charge in [-0.3, -0.25) is 0 Å². The van der Waals surface area contributed by atoms with Gasteiger partial charge in [0, 0.05) is 0 Å². The zero-order valence-corrected chi connectivity index (χ0v) is 14.9. The Bertz CT molecular complexity index is 472. The maximum atomic E-state index is 9.33. The molecule has 0 unspecified atom stereocenters. The highest BCUT2D eigenvalue weighted by atomic mass is 28.4. The average Bonchev–Trinajstić information content (AvgIpc) is 2.36. The van der Waals surface area contributed by atoms with Crippen molar-refractivity contribution in [1.82, 2.24) is 0 Å². The van der Waals surface area contributed by atoms with Crippen molar-refractivity contribution in [2.75, 3.05) is 14.2 Å². The number of hydrogen-bond acceptors (Lipinski definition) is 5. The highest BCUT2D eigenvalue weighted by Gasteiger charge is 2.40. The van der Waals surface area contributed by atoms with E-state index in [1.165, 1.54) is 14.2 Å². The van der Waals surface area contributed by atoms with Crippen LogP contribution in [-0.4, -0.2) is 39.7 Å². The second-order valence-corrected chi connectivity index (χ2v) is 11.2. The Morgan fingerprint density at radius 1 is 1.00 bits per heavy atom. The Morgan fingerprint density at radius 2 is 1.43 bits per heavy atom. The van der Waals surface area contributed by atoms with Crippen molar-refractivity contribution in [3.63, 3.8) is 0 Å². The number of ether oxygens (including phenoxy) is 2. The van der Waals surface area contributed by atoms with Crippen molar-refractivity contribution >= 4 is 20.9 Å². The molecule has 7 heteroatoms. The topological polar surface area (TPSA) is 68.2 Å². The molecule has 0 bridgehead atoms. The first-order valence-electron chi connectivity index (χ1n) is 6.84. The van der Waals surface area contributed by atoms with Crippen LogP contribution in [0.4, 0.5) is 0 Å². The summed E-state index contributed by atoms with van der Waals surface area (Å²) in [4.78, 5) is 0. The van der Waals surface area contributed by atoms with Gasteiger partial charge in [-0.15, -0.1) is 0 Å². The summed E-state index contributed by atoms with van der Waals surface area (Å²) in [6.07, 6.45) is 0. The highest BCUT2D eigenvalue weighted by molar-refractivity contribution is 6.74. The lowest BCUT2D eigenvalue weighted by Gasteiger charge is -2.37. The van der Waals surface area contributed by atoms with Crippen molar-refractivity contribution < 1.29 is 23.9 Å². The fraction of sp³-hybridized carbons (Fsp3) is 0.571. The number of methoxy groups -OCH3 is 2. The molecule has 0 saturated carbocycles. The van der Waals surface area contributed by atoms with Gasteiger partial charge < -0.3 is 23.9 Å². The monoisotopic (exact) mass is 312 g/mol. The van der Waals surface area contributed by atoms with Crippen LogP contribution in [0.3, 0.4) is 0 Å². The van der Waals surface area contributed by atoms with Crippen LogP contribution < -0.4 is 19.4 Å². The second-order valence-electron chi connectivity index (χ2n) is 6.49. The number of rotatable bonds is 5. The average molecular weight is 312 g/mol. The predicted octanol–water partition coefficient (Wildman–Crippen LogP) is 1.77. The van der Waals surface area contributed by atoms with Gasteiger partial charge in [-0.2, -0.15) is 0 Å². The summed E-state index contributed by atoms with van der Waals surface area (Å²) in [5.41, 5.74) is 0.297. The lowest BCUT2D eigenvalue weighted by molar-refractivity contribution is 0.354. The first-order chi connectivity index (χ1) is 9.53. The maximum Gasteiger partial charge on any atom is 0.488 e. The molecule has 0 radical (unpaired) electrons. The Kier molecular flexibility index (Phi) is 5.36. The molecule has 0 aliphatic heterocycles. The van der Waals surface area contributed by atoms with Crippen LogP contribution >= 0.6 is 0 Å². The number of hydrogen-bond donors (Lipinski definition) is 2. The van der Waals surface area contributed by atoms with Gasteiger partial charge in [-0.25, -0.2) is 0 Å². The van der Waals surface area contributed by atoms with Gasteiger partial charge in [0.1, 0.15) is 0 Å². The molecule has 0 aromatic heterocycles. The summed E-state index contributed by atoms with van der Waals surface area (Å²) in [5, 5.41) is 18.7. The third-order valence-corrected chi connectivity index (χ3v) is 8.27. The Labute approximate surface area is 128 Å². The summed E-state index contributed by atoms with van der Waals surface area (Å²) in [7, 11) is -0.629. The van der Waals surface area contributed by atoms with E-state index < -0.39 is 15.4 Å². The van der Waals surface area contributed by atoms with Crippen molar-refractivity contribution in [2.45, 2.75) is 38.9 Å². The molecular formula is C14H25BO5Si. The first-order valence-corrected chi connectivity index (χ1v) is 9.75. The van der Waals surface area contributed by atoms with Gasteiger partial charge in [0.05, 0.1) is 14.2 Å². The molecule has 21 heavy (non-hydrogen) atoms. The standard InChI is InChI=1S/C14H25BO5Si/c1-14(2,3)21(6,7)20-13-11(18-4)8-10(15(16)17)9-12(13)19-5/h8-9,16-17H,1-7H3. The molecule has 2 N–H and O–H groups in total. The normalized spacial score (nSPS) is 12.0. The van der Waals surface area contributed by atoms with Crippen LogP contribution in [-0.2, 0) is 0 Å². The molecule has 0 aliphatic rings. The third kappa shape index (κ3) is 3.93. The Balaban J connectivity index is 3.35. The van der Waals surface area contributed by atoms with E-state index in [0.717, 1.165) is 0 Å². The van der Waals surface area contributed by atoms with Gasteiger partial charge in [0.25, 0.3) is 8.32 Å². The minimum absolute atomic E-state index is 0.0260. The molecule has 1 aromatic carbocycles. The smallest absolute Gasteiger partial charge is 0.488 e. The van der Waals surface area contributed by atoms with E-state index in [0.29, 0.717) is 22.7 Å². The largest absolute Gasteiger partial charge is 0.539 e. The molecule has 0 spiro atoms. The van der Waals surface area contributed by atoms with Gasteiger partial charge in [-0.05, 0) is 35.7 Å². The number of benzene rings is 1. The second kappa shape index (κ2) is 6.29. The van der Waals surface area contributed by atoms with Gasteiger partial charge in [0.15, 0.2) is 17.2 Å². The van der Waals surface area contributed by atoms with E-state index in [4.69, 9.17) is 13.9 Å². The summed E-state index contributed by atoms with van der Waals surface area (Å²) in [6.45, 7) is 10.7. The first kappa shape index (κ1) is 17.9. The summed E-state index contributed by atoms with van der Waals surface area (Å²) in [5.74, 6) is 1.38. The molecule has 118 valence electrons. The van der Waals surface area contributed by atoms with Gasteiger partial charge in [-0.1, -0.05) is 20.8 Å². The minimum atomic E-state index is -2.07. The van der Waals surface area contributed by atoms with E-state index in [1.807, 2.05) is 0 Å². The molecule has 0 fully saturated rings. The van der Waals surface area contributed by atoms with Crippen molar-refractivity contribution in [1.29, 1.82) is 0 Å². The molecule has 1 rings (SSSR count). The van der Waals surface area contributed by atoms with Crippen LogP contribution in [0, 0.1) is 0 Å². The zero-order chi connectivity index (χ0) is 16.4. The summed E-state index contributed by atoms with van der Waals surface area (Å²) < 4.78 is 16.9. The zero-order valence-electron chi connectivity index (χ0n) is 13.9. The van der Waals surface area contributed by atoms with Gasteiger partial charge >= 0.3 is 7.12 Å². The Hall–Kier alpha value is -1.18. The highest BCUT2D eigenvalue weighted by Crippen LogP contribution is 2.43. The Morgan fingerprint density at radius 3 is 1.71 bits per heavy atom. The predicted molar refractivity (Wildman–Crippen MR) is 87.2 cm³/mol. The van der Waals surface area contributed by atoms with Crippen LogP contribution in [0.2, 0.25) is 18.1 Å². The fourth-order valence-electron chi connectivity index (χ4n) is 1.56. The SMILES string of the molecule is COc1cc(B(O)O)cc(OC)c1O[Si](C)(C)C(C)(C)C. The van der Waals surface area contributed by atoms with E-state index in [9.17, 15) is 10.0 Å². The van der Waals surface area contributed by atoms with E-state index in [2.05, 4.69) is 33.9 Å². The molecule has 0 atom stereocenters. The quantitative estimate of drug-likeness (QED) is 0.811. The molecule has 0 saturated heterocycles. The molecular weight excluding hydrogens is 287 g/mol. The van der Waals surface area contributed by atoms with Crippen molar-refractivity contribution in [2.24, 2.45) is 0 Å². The van der Waals surface area contributed by atoms with Crippen molar-refractivity contribution in [3.8, 4) is 17.2 Å². The summed E-state index contributed by atoms with van der Waals surface area (Å²) in [6, 6.07) is 3.10. The lowest BCUT2D eigenvalue weighted by Crippen LogP contribution is -2.44. The van der Waals surface area contributed by atoms with Crippen LogP contribution in [0.15, 0.2) is 12.1 Å². The molecule has 0 heterocycles. The molecule has 0 aliphatic carbocycles. The van der Waals surface area contributed by atoms with Gasteiger partial charge in [0.2, 0.25) is 0 Å². The molecule has 1 aromatic rings. The van der Waals surface area contributed by atoms with Crippen LogP contribution in [0.25, 0.3) is 0 Å². The summed E-state index contributed by atoms with van der Waals surface area (Å²) >= 11 is 0. The lowest BCUT2D eigenvalue weighted by atomic mass is 9.80. The minimum Gasteiger partial charge on any atom is -0.539 e. The fourth-order valence-corrected chi connectivity index (χ4v) is 2.58. The molecule has 0 amide bonds. The van der Waals surface area contributed by atoms with Crippen LogP contribution in [0.5, 0.6) is 17.2 Å². The van der Waals surface area contributed by atoms with Crippen LogP contribution in [0.1, 0.15) is 20.8 Å². The maximum absolute atomic E-state index is 9.33. The third-order valence-electron chi connectivity index (χ3n) is 3.94. The van der Waals surface area contributed by atoms with E-state index >= 15 is 0 Å². The molecule has 5 nitrogen and oxygen atoms in total. The van der Waals surface area contributed by atoms with E-state index in [1.54, 1.807) is 12.1 Å². The van der Waals surface area contributed by atoms with E-state index in [-0.39, 0.29) is 5.04 Å².